The van der Waals surface area contributed by atoms with E-state index in [1.54, 1.807) is 7.11 Å². The van der Waals surface area contributed by atoms with E-state index in [2.05, 4.69) is 5.32 Å². The molecule has 0 bridgehead atoms. The first-order chi connectivity index (χ1) is 14.4. The summed E-state index contributed by atoms with van der Waals surface area (Å²) in [5, 5.41) is 9.99. The molecule has 0 heterocycles. The summed E-state index contributed by atoms with van der Waals surface area (Å²) in [6.45, 7) is 0. The van der Waals surface area contributed by atoms with E-state index in [-0.39, 0.29) is 11.9 Å². The summed E-state index contributed by atoms with van der Waals surface area (Å²) >= 11 is 0. The van der Waals surface area contributed by atoms with Gasteiger partial charge in [-0.25, -0.2) is 9.59 Å². The minimum atomic E-state index is -5.08. The third kappa shape index (κ3) is 8.08. The van der Waals surface area contributed by atoms with Crippen molar-refractivity contribution in [3.63, 3.8) is 0 Å². The molecule has 4 N–H and O–H groups in total. The molecule has 1 aliphatic carbocycles. The second kappa shape index (κ2) is 11.5. The molecule has 1 atom stereocenters. The third-order valence-corrected chi connectivity index (χ3v) is 4.84. The molecule has 11 heteroatoms. The van der Waals surface area contributed by atoms with Crippen molar-refractivity contribution in [1.29, 1.82) is 0 Å². The number of amides is 1. The number of halogens is 3. The van der Waals surface area contributed by atoms with Crippen LogP contribution in [-0.2, 0) is 25.5 Å². The molecule has 1 saturated carbocycles. The number of methoxy groups -OCH3 is 2. The Morgan fingerprint density at radius 2 is 1.65 bits per heavy atom. The summed E-state index contributed by atoms with van der Waals surface area (Å²) in [5.74, 6) is -2.71. The van der Waals surface area contributed by atoms with E-state index in [9.17, 15) is 22.8 Å². The number of hydrogen-bond donors (Lipinski definition) is 3. The van der Waals surface area contributed by atoms with Crippen molar-refractivity contribution < 1.29 is 42.1 Å². The number of carbonyl (C=O) groups excluding carboxylic acids is 2. The molecule has 8 nitrogen and oxygen atoms in total. The molecular formula is C20H27F3N2O6. The molecule has 0 aromatic heterocycles. The quantitative estimate of drug-likeness (QED) is 0.569. The highest BCUT2D eigenvalue weighted by atomic mass is 19.4. The van der Waals surface area contributed by atoms with Crippen LogP contribution in [0.2, 0.25) is 0 Å². The van der Waals surface area contributed by atoms with Crippen LogP contribution >= 0.6 is 0 Å². The third-order valence-electron chi connectivity index (χ3n) is 4.84. The van der Waals surface area contributed by atoms with Crippen LogP contribution < -0.4 is 15.8 Å². The van der Waals surface area contributed by atoms with Crippen LogP contribution in [0.25, 0.3) is 0 Å². The molecule has 1 aromatic carbocycles. The zero-order valence-corrected chi connectivity index (χ0v) is 17.3. The van der Waals surface area contributed by atoms with Crippen LogP contribution in [0.5, 0.6) is 5.75 Å². The first-order valence-corrected chi connectivity index (χ1v) is 9.54. The van der Waals surface area contributed by atoms with Crippen molar-refractivity contribution in [3.8, 4) is 5.75 Å². The van der Waals surface area contributed by atoms with Crippen molar-refractivity contribution in [2.45, 2.75) is 56.3 Å². The minimum absolute atomic E-state index is 0.321. The van der Waals surface area contributed by atoms with Gasteiger partial charge in [0.2, 0.25) is 5.91 Å². The van der Waals surface area contributed by atoms with Crippen LogP contribution in [0, 0.1) is 0 Å². The molecule has 1 fully saturated rings. The first kappa shape index (κ1) is 26.2. The molecular weight excluding hydrogens is 421 g/mol. The van der Waals surface area contributed by atoms with E-state index in [0.717, 1.165) is 30.6 Å². The van der Waals surface area contributed by atoms with Gasteiger partial charge in [0.25, 0.3) is 0 Å². The van der Waals surface area contributed by atoms with E-state index in [0.29, 0.717) is 19.3 Å². The van der Waals surface area contributed by atoms with E-state index in [1.165, 1.54) is 7.11 Å². The maximum Gasteiger partial charge on any atom is 0.490 e. The number of carboxylic acids is 1. The Morgan fingerprint density at radius 1 is 1.13 bits per heavy atom. The molecule has 0 unspecified atom stereocenters. The highest BCUT2D eigenvalue weighted by Gasteiger charge is 2.42. The molecule has 31 heavy (non-hydrogen) atoms. The molecule has 1 aromatic rings. The standard InChI is InChI=1S/C18H26N2O4.C2HF3O2/c1-23-14-8-6-13(7-9-14)12-15(19)16(21)20-18(17(22)24-2)10-4-3-5-11-18;3-2(4,5)1(6)7/h6-9,15H,3-5,10-12,19H2,1-2H3,(H,20,21);(H,6,7)/t15-;/m0./s1. The summed E-state index contributed by atoms with van der Waals surface area (Å²) in [4.78, 5) is 33.6. The van der Waals surface area contributed by atoms with Gasteiger partial charge in [-0.2, -0.15) is 13.2 Å². The van der Waals surface area contributed by atoms with E-state index in [1.807, 2.05) is 24.3 Å². The molecule has 174 valence electrons. The monoisotopic (exact) mass is 448 g/mol. The van der Waals surface area contributed by atoms with Gasteiger partial charge in [-0.15, -0.1) is 0 Å². The predicted molar refractivity (Wildman–Crippen MR) is 104 cm³/mol. The number of nitrogens with two attached hydrogens (primary N) is 1. The number of nitrogens with one attached hydrogen (secondary N) is 1. The SMILES string of the molecule is COC(=O)C1(NC(=O)[C@@H](N)Cc2ccc(OC)cc2)CCCCC1.O=C(O)C(F)(F)F. The van der Waals surface area contributed by atoms with Crippen molar-refractivity contribution in [2.24, 2.45) is 5.73 Å². The van der Waals surface area contributed by atoms with Crippen LogP contribution in [0.4, 0.5) is 13.2 Å². The Hall–Kier alpha value is -2.82. The lowest BCUT2D eigenvalue weighted by atomic mass is 9.81. The fourth-order valence-corrected chi connectivity index (χ4v) is 3.17. The van der Waals surface area contributed by atoms with E-state index in [4.69, 9.17) is 25.1 Å². The Bertz CT molecular complexity index is 746. The molecule has 0 spiro atoms. The lowest BCUT2D eigenvalue weighted by Gasteiger charge is -2.36. The number of carboxylic acid groups (broad SMARTS) is 1. The van der Waals surface area contributed by atoms with Gasteiger partial charge in [0.1, 0.15) is 11.3 Å². The van der Waals surface area contributed by atoms with Gasteiger partial charge < -0.3 is 25.6 Å². The second-order valence-corrected chi connectivity index (χ2v) is 7.09. The maximum atomic E-state index is 12.5. The van der Waals surface area contributed by atoms with E-state index < -0.39 is 23.7 Å². The van der Waals surface area contributed by atoms with Crippen molar-refractivity contribution in [2.75, 3.05) is 14.2 Å². The normalized spacial score (nSPS) is 16.2. The molecule has 0 saturated heterocycles. The fourth-order valence-electron chi connectivity index (χ4n) is 3.17. The van der Waals surface area contributed by atoms with Crippen LogP contribution in [0.15, 0.2) is 24.3 Å². The van der Waals surface area contributed by atoms with Gasteiger partial charge >= 0.3 is 18.1 Å². The number of esters is 1. The maximum absolute atomic E-state index is 12.5. The molecule has 0 radical (unpaired) electrons. The Balaban J connectivity index is 0.000000592. The highest BCUT2D eigenvalue weighted by Crippen LogP contribution is 2.29. The fraction of sp³-hybridized carbons (Fsp3) is 0.550. The first-order valence-electron chi connectivity index (χ1n) is 9.54. The van der Waals surface area contributed by atoms with Crippen LogP contribution in [0.3, 0.4) is 0 Å². The van der Waals surface area contributed by atoms with Crippen molar-refractivity contribution in [3.05, 3.63) is 29.8 Å². The molecule has 1 amide bonds. The highest BCUT2D eigenvalue weighted by molar-refractivity contribution is 5.90. The van der Waals surface area contributed by atoms with Crippen molar-refractivity contribution in [1.82, 2.24) is 5.32 Å². The zero-order chi connectivity index (χ0) is 23.7. The molecule has 1 aliphatic rings. The summed E-state index contributed by atoms with van der Waals surface area (Å²) in [6, 6.07) is 6.70. The number of aliphatic carboxylic acids is 1. The number of carbonyl (C=O) groups is 3. The Kier molecular flexibility index (Phi) is 9.76. The summed E-state index contributed by atoms with van der Waals surface area (Å²) < 4.78 is 41.8. The van der Waals surface area contributed by atoms with E-state index >= 15 is 0 Å². The van der Waals surface area contributed by atoms with Crippen molar-refractivity contribution >= 4 is 17.8 Å². The number of benzene rings is 1. The average molecular weight is 448 g/mol. The van der Waals surface area contributed by atoms with Crippen LogP contribution in [-0.4, -0.2) is 54.9 Å². The lowest BCUT2D eigenvalue weighted by molar-refractivity contribution is -0.192. The van der Waals surface area contributed by atoms with Gasteiger partial charge in [0.05, 0.1) is 20.3 Å². The summed E-state index contributed by atoms with van der Waals surface area (Å²) in [6.07, 6.45) is -0.646. The molecule has 0 aliphatic heterocycles. The number of ether oxygens (including phenoxy) is 2. The van der Waals surface area contributed by atoms with Gasteiger partial charge in [-0.3, -0.25) is 4.79 Å². The number of hydrogen-bond acceptors (Lipinski definition) is 6. The second-order valence-electron chi connectivity index (χ2n) is 7.09. The lowest BCUT2D eigenvalue weighted by Crippen LogP contribution is -2.59. The van der Waals surface area contributed by atoms with Gasteiger partial charge in [-0.1, -0.05) is 31.4 Å². The zero-order valence-electron chi connectivity index (χ0n) is 17.3. The van der Waals surface area contributed by atoms with Gasteiger partial charge in [0, 0.05) is 0 Å². The number of alkyl halides is 3. The minimum Gasteiger partial charge on any atom is -0.497 e. The Labute approximate surface area is 177 Å². The Morgan fingerprint density at radius 3 is 2.06 bits per heavy atom. The number of rotatable bonds is 6. The topological polar surface area (TPSA) is 128 Å². The largest absolute Gasteiger partial charge is 0.497 e. The molecule has 2 rings (SSSR count). The average Bonchev–Trinajstić information content (AvgIpc) is 2.74. The van der Waals surface area contributed by atoms with Gasteiger partial charge in [-0.05, 0) is 37.0 Å². The summed E-state index contributed by atoms with van der Waals surface area (Å²) in [5.41, 5.74) is 6.05. The predicted octanol–water partition coefficient (Wildman–Crippen LogP) is 2.19. The van der Waals surface area contributed by atoms with Crippen LogP contribution in [0.1, 0.15) is 37.7 Å². The van der Waals surface area contributed by atoms with Gasteiger partial charge in [0.15, 0.2) is 0 Å². The smallest absolute Gasteiger partial charge is 0.490 e. The summed E-state index contributed by atoms with van der Waals surface area (Å²) in [7, 11) is 2.95.